The van der Waals surface area contributed by atoms with Gasteiger partial charge >= 0.3 is 0 Å². The molecule has 1 atom stereocenters. The van der Waals surface area contributed by atoms with Crippen molar-refractivity contribution in [2.45, 2.75) is 39.3 Å². The van der Waals surface area contributed by atoms with Gasteiger partial charge < -0.3 is 10.2 Å². The first-order valence-corrected chi connectivity index (χ1v) is 6.52. The van der Waals surface area contributed by atoms with Crippen molar-refractivity contribution in [3.63, 3.8) is 0 Å². The van der Waals surface area contributed by atoms with Crippen LogP contribution in [-0.2, 0) is 0 Å². The second-order valence-corrected chi connectivity index (χ2v) is 5.88. The molecule has 0 aromatic heterocycles. The van der Waals surface area contributed by atoms with Gasteiger partial charge in [0.2, 0.25) is 0 Å². The quantitative estimate of drug-likeness (QED) is 0.824. The maximum Gasteiger partial charge on any atom is 0.254 e. The molecule has 1 fully saturated rings. The van der Waals surface area contributed by atoms with Crippen molar-refractivity contribution in [3.8, 4) is 0 Å². The molecule has 0 spiro atoms. The molecule has 1 aromatic rings. The van der Waals surface area contributed by atoms with E-state index in [1.807, 2.05) is 36.1 Å². The summed E-state index contributed by atoms with van der Waals surface area (Å²) in [5.41, 5.74) is 1.78. The van der Waals surface area contributed by atoms with Gasteiger partial charge in [0.1, 0.15) is 0 Å². The first-order valence-electron chi connectivity index (χ1n) is 6.52. The standard InChI is InChI=1S/C15H22N2O/c1-11-6-5-7-13(8-11)14(18)17-9-12(2)16-10-15(17,3)4/h5-8,12,16H,9-10H2,1-4H3. The Morgan fingerprint density at radius 1 is 1.44 bits per heavy atom. The minimum atomic E-state index is -0.132. The number of piperazine rings is 1. The summed E-state index contributed by atoms with van der Waals surface area (Å²) in [6.45, 7) is 9.96. The zero-order chi connectivity index (χ0) is 13.3. The second-order valence-electron chi connectivity index (χ2n) is 5.88. The van der Waals surface area contributed by atoms with Crippen LogP contribution >= 0.6 is 0 Å². The van der Waals surface area contributed by atoms with E-state index in [-0.39, 0.29) is 11.4 Å². The van der Waals surface area contributed by atoms with Gasteiger partial charge in [0.25, 0.3) is 5.91 Å². The van der Waals surface area contributed by atoms with Gasteiger partial charge in [0.05, 0.1) is 5.54 Å². The van der Waals surface area contributed by atoms with Gasteiger partial charge in [-0.3, -0.25) is 4.79 Å². The lowest BCUT2D eigenvalue weighted by Crippen LogP contribution is -2.62. The van der Waals surface area contributed by atoms with E-state index >= 15 is 0 Å². The minimum absolute atomic E-state index is 0.132. The maximum absolute atomic E-state index is 12.6. The van der Waals surface area contributed by atoms with Crippen molar-refractivity contribution in [2.24, 2.45) is 0 Å². The van der Waals surface area contributed by atoms with Crippen LogP contribution in [0, 0.1) is 6.92 Å². The summed E-state index contributed by atoms with van der Waals surface area (Å²) in [4.78, 5) is 14.6. The molecule has 0 bridgehead atoms. The van der Waals surface area contributed by atoms with Crippen LogP contribution in [0.2, 0.25) is 0 Å². The molecule has 1 aromatic carbocycles. The van der Waals surface area contributed by atoms with Gasteiger partial charge in [-0.05, 0) is 39.8 Å². The summed E-state index contributed by atoms with van der Waals surface area (Å²) < 4.78 is 0. The first-order chi connectivity index (χ1) is 8.40. The molecule has 0 aliphatic carbocycles. The first kappa shape index (κ1) is 13.1. The number of rotatable bonds is 1. The largest absolute Gasteiger partial charge is 0.331 e. The summed E-state index contributed by atoms with van der Waals surface area (Å²) in [5, 5.41) is 3.43. The van der Waals surface area contributed by atoms with E-state index in [0.29, 0.717) is 6.04 Å². The number of amides is 1. The van der Waals surface area contributed by atoms with E-state index in [1.54, 1.807) is 0 Å². The lowest BCUT2D eigenvalue weighted by Gasteiger charge is -2.45. The highest BCUT2D eigenvalue weighted by Gasteiger charge is 2.35. The Morgan fingerprint density at radius 3 is 2.83 bits per heavy atom. The minimum Gasteiger partial charge on any atom is -0.331 e. The summed E-state index contributed by atoms with van der Waals surface area (Å²) in [6, 6.07) is 8.18. The second kappa shape index (κ2) is 4.73. The Labute approximate surface area is 109 Å². The lowest BCUT2D eigenvalue weighted by atomic mass is 9.96. The van der Waals surface area contributed by atoms with Crippen molar-refractivity contribution in [1.82, 2.24) is 10.2 Å². The molecule has 1 amide bonds. The predicted molar refractivity (Wildman–Crippen MR) is 73.8 cm³/mol. The molecule has 3 nitrogen and oxygen atoms in total. The summed E-state index contributed by atoms with van der Waals surface area (Å²) in [7, 11) is 0. The number of carbonyl (C=O) groups is 1. The molecule has 1 unspecified atom stereocenters. The number of hydrogen-bond acceptors (Lipinski definition) is 2. The highest BCUT2D eigenvalue weighted by atomic mass is 16.2. The maximum atomic E-state index is 12.6. The van der Waals surface area contributed by atoms with E-state index in [2.05, 4.69) is 26.1 Å². The Hall–Kier alpha value is -1.35. The van der Waals surface area contributed by atoms with E-state index in [0.717, 1.165) is 24.2 Å². The summed E-state index contributed by atoms with van der Waals surface area (Å²) in [6.07, 6.45) is 0. The van der Waals surface area contributed by atoms with Crippen LogP contribution in [0.1, 0.15) is 36.7 Å². The Bertz CT molecular complexity index is 454. The van der Waals surface area contributed by atoms with Crippen LogP contribution in [0.25, 0.3) is 0 Å². The van der Waals surface area contributed by atoms with E-state index in [1.165, 1.54) is 0 Å². The highest BCUT2D eigenvalue weighted by molar-refractivity contribution is 5.95. The molecule has 3 heteroatoms. The van der Waals surface area contributed by atoms with Crippen molar-refractivity contribution >= 4 is 5.91 Å². The fourth-order valence-electron chi connectivity index (χ4n) is 2.40. The molecule has 2 rings (SSSR count). The molecule has 1 aliphatic heterocycles. The SMILES string of the molecule is Cc1cccc(C(=O)N2CC(C)NCC2(C)C)c1. The van der Waals surface area contributed by atoms with Crippen LogP contribution in [0.5, 0.6) is 0 Å². The predicted octanol–water partition coefficient (Wildman–Crippen LogP) is 2.21. The molecule has 1 saturated heterocycles. The van der Waals surface area contributed by atoms with Crippen molar-refractivity contribution in [2.75, 3.05) is 13.1 Å². The highest BCUT2D eigenvalue weighted by Crippen LogP contribution is 2.21. The summed E-state index contributed by atoms with van der Waals surface area (Å²) in [5.74, 6) is 0.136. The van der Waals surface area contributed by atoms with Crippen molar-refractivity contribution < 1.29 is 4.79 Å². The zero-order valence-corrected chi connectivity index (χ0v) is 11.7. The number of nitrogens with zero attached hydrogens (tertiary/aromatic N) is 1. The molecular weight excluding hydrogens is 224 g/mol. The molecular formula is C15H22N2O. The molecule has 1 aliphatic rings. The van der Waals surface area contributed by atoms with E-state index in [4.69, 9.17) is 0 Å². The van der Waals surface area contributed by atoms with Crippen LogP contribution in [0.3, 0.4) is 0 Å². The fraction of sp³-hybridized carbons (Fsp3) is 0.533. The molecule has 0 radical (unpaired) electrons. The number of aryl methyl sites for hydroxylation is 1. The third kappa shape index (κ3) is 2.56. The normalized spacial score (nSPS) is 22.9. The number of benzene rings is 1. The number of nitrogens with one attached hydrogen (secondary N) is 1. The van der Waals surface area contributed by atoms with Gasteiger partial charge in [-0.15, -0.1) is 0 Å². The Kier molecular flexibility index (Phi) is 3.44. The Morgan fingerprint density at radius 2 is 2.17 bits per heavy atom. The zero-order valence-electron chi connectivity index (χ0n) is 11.7. The fourth-order valence-corrected chi connectivity index (χ4v) is 2.40. The smallest absolute Gasteiger partial charge is 0.254 e. The van der Waals surface area contributed by atoms with Crippen LogP contribution in [-0.4, -0.2) is 35.5 Å². The van der Waals surface area contributed by atoms with Gasteiger partial charge in [0, 0.05) is 24.7 Å². The van der Waals surface area contributed by atoms with Crippen molar-refractivity contribution in [3.05, 3.63) is 35.4 Å². The molecule has 1 N–H and O–H groups in total. The number of hydrogen-bond donors (Lipinski definition) is 1. The van der Waals surface area contributed by atoms with Gasteiger partial charge in [-0.2, -0.15) is 0 Å². The monoisotopic (exact) mass is 246 g/mol. The lowest BCUT2D eigenvalue weighted by molar-refractivity contribution is 0.0411. The van der Waals surface area contributed by atoms with E-state index < -0.39 is 0 Å². The third-order valence-electron chi connectivity index (χ3n) is 3.58. The average molecular weight is 246 g/mol. The van der Waals surface area contributed by atoms with Crippen LogP contribution in [0.15, 0.2) is 24.3 Å². The van der Waals surface area contributed by atoms with Gasteiger partial charge in [0.15, 0.2) is 0 Å². The molecule has 1 heterocycles. The molecule has 98 valence electrons. The van der Waals surface area contributed by atoms with Crippen LogP contribution in [0.4, 0.5) is 0 Å². The van der Waals surface area contributed by atoms with Gasteiger partial charge in [-0.25, -0.2) is 0 Å². The van der Waals surface area contributed by atoms with Crippen molar-refractivity contribution in [1.29, 1.82) is 0 Å². The average Bonchev–Trinajstić information content (AvgIpc) is 2.31. The molecule has 0 saturated carbocycles. The van der Waals surface area contributed by atoms with Gasteiger partial charge in [-0.1, -0.05) is 17.7 Å². The third-order valence-corrected chi connectivity index (χ3v) is 3.58. The Balaban J connectivity index is 2.26. The summed E-state index contributed by atoms with van der Waals surface area (Å²) >= 11 is 0. The van der Waals surface area contributed by atoms with E-state index in [9.17, 15) is 4.79 Å². The number of carbonyl (C=O) groups excluding carboxylic acids is 1. The molecule has 18 heavy (non-hydrogen) atoms. The topological polar surface area (TPSA) is 32.3 Å². The van der Waals surface area contributed by atoms with Crippen LogP contribution < -0.4 is 5.32 Å².